The van der Waals surface area contributed by atoms with E-state index in [-0.39, 0.29) is 5.69 Å². The van der Waals surface area contributed by atoms with E-state index in [1.54, 1.807) is 28.8 Å². The molecule has 23 heavy (non-hydrogen) atoms. The molecule has 2 N–H and O–H groups in total. The summed E-state index contributed by atoms with van der Waals surface area (Å²) in [4.78, 5) is 5.36. The van der Waals surface area contributed by atoms with Crippen LogP contribution >= 0.6 is 11.3 Å². The van der Waals surface area contributed by atoms with Gasteiger partial charge in [-0.05, 0) is 12.1 Å². The van der Waals surface area contributed by atoms with Gasteiger partial charge in [0.1, 0.15) is 0 Å². The first-order valence-corrected chi connectivity index (χ1v) is 7.84. The Bertz CT molecular complexity index is 945. The van der Waals surface area contributed by atoms with Crippen LogP contribution in [0.1, 0.15) is 0 Å². The van der Waals surface area contributed by atoms with Crippen molar-refractivity contribution in [1.82, 2.24) is 14.6 Å². The van der Waals surface area contributed by atoms with Crippen molar-refractivity contribution in [2.24, 2.45) is 0 Å². The third-order valence-electron chi connectivity index (χ3n) is 3.54. The third kappa shape index (κ3) is 2.51. The molecule has 0 aliphatic rings. The second-order valence-corrected chi connectivity index (χ2v) is 5.84. The number of quaternary nitrogens is 1. The van der Waals surface area contributed by atoms with Crippen LogP contribution in [0.4, 0.5) is 5.69 Å². The zero-order chi connectivity index (χ0) is 15.8. The van der Waals surface area contributed by atoms with Crippen LogP contribution < -0.4 is 5.23 Å². The highest BCUT2D eigenvalue weighted by Gasteiger charge is 2.13. The topological polar surface area (TPSA) is 77.9 Å². The van der Waals surface area contributed by atoms with Crippen molar-refractivity contribution in [3.63, 3.8) is 0 Å². The maximum atomic E-state index is 10.9. The molecule has 0 spiro atoms. The fourth-order valence-electron chi connectivity index (χ4n) is 2.37. The Balaban J connectivity index is 1.77. The quantitative estimate of drug-likeness (QED) is 0.568. The molecule has 0 fully saturated rings. The molecule has 2 heterocycles. The second kappa shape index (κ2) is 5.56. The predicted octanol–water partition coefficient (Wildman–Crippen LogP) is 2.53. The lowest BCUT2D eigenvalue weighted by Gasteiger charge is -2.11. The first-order chi connectivity index (χ1) is 11.2. The molecular weight excluding hydrogens is 312 g/mol. The Morgan fingerprint density at radius 1 is 1.00 bits per heavy atom. The summed E-state index contributed by atoms with van der Waals surface area (Å²) in [6.45, 7) is 0. The highest BCUT2D eigenvalue weighted by molar-refractivity contribution is 7.15. The van der Waals surface area contributed by atoms with E-state index in [2.05, 4.69) is 10.1 Å². The molecule has 0 bridgehead atoms. The first kappa shape index (κ1) is 14.0. The molecule has 0 amide bonds. The zero-order valence-electron chi connectivity index (χ0n) is 11.9. The maximum Gasteiger partial charge on any atom is 0.213 e. The highest BCUT2D eigenvalue weighted by Crippen LogP contribution is 2.27. The van der Waals surface area contributed by atoms with Gasteiger partial charge in [-0.2, -0.15) is 10.2 Å². The number of nitrogens with one attached hydrogen (secondary N) is 1. The van der Waals surface area contributed by atoms with Crippen LogP contribution in [0.25, 0.3) is 27.6 Å². The molecule has 0 radical (unpaired) electrons. The van der Waals surface area contributed by atoms with Gasteiger partial charge in [0.25, 0.3) is 0 Å². The summed E-state index contributed by atoms with van der Waals surface area (Å²) in [6, 6.07) is 16.6. The number of hydrogen-bond acceptors (Lipinski definition) is 5. The third-order valence-corrected chi connectivity index (χ3v) is 4.36. The fraction of sp³-hybridized carbons (Fsp3) is 0. The molecule has 7 heteroatoms. The first-order valence-electron chi connectivity index (χ1n) is 6.96. The molecule has 0 saturated heterocycles. The number of aromatic nitrogens is 3. The van der Waals surface area contributed by atoms with Gasteiger partial charge in [-0.1, -0.05) is 30.3 Å². The van der Waals surface area contributed by atoms with Crippen LogP contribution in [0.2, 0.25) is 0 Å². The summed E-state index contributed by atoms with van der Waals surface area (Å²) >= 11 is 1.51. The van der Waals surface area contributed by atoms with Gasteiger partial charge in [-0.25, -0.2) is 9.72 Å². The molecule has 1 atom stereocenters. The van der Waals surface area contributed by atoms with Gasteiger partial charge in [0.2, 0.25) is 4.96 Å². The molecule has 4 aromatic rings. The molecule has 0 saturated carbocycles. The van der Waals surface area contributed by atoms with Gasteiger partial charge in [-0.3, -0.25) is 0 Å². The number of thiazole rings is 1. The number of rotatable bonds is 3. The summed E-state index contributed by atoms with van der Waals surface area (Å²) in [5.74, 6) is 0.681. The summed E-state index contributed by atoms with van der Waals surface area (Å²) in [6.07, 6.45) is 0. The molecule has 2 aromatic heterocycles. The van der Waals surface area contributed by atoms with Crippen molar-refractivity contribution in [2.45, 2.75) is 0 Å². The van der Waals surface area contributed by atoms with Crippen LogP contribution in [0, 0.1) is 5.21 Å². The zero-order valence-corrected chi connectivity index (χ0v) is 12.7. The number of benzene rings is 2. The van der Waals surface area contributed by atoms with Crippen molar-refractivity contribution in [2.75, 3.05) is 0 Å². The number of nitrogens with zero attached hydrogens (tertiary/aromatic N) is 3. The van der Waals surface area contributed by atoms with Gasteiger partial charge in [0.15, 0.2) is 11.5 Å². The minimum absolute atomic E-state index is 0.267. The Hall–Kier alpha value is -2.58. The fourth-order valence-corrected chi connectivity index (χ4v) is 3.20. The van der Waals surface area contributed by atoms with Crippen molar-refractivity contribution in [3.05, 3.63) is 65.2 Å². The molecule has 0 aliphatic carbocycles. The summed E-state index contributed by atoms with van der Waals surface area (Å²) in [5, 5.41) is 25.5. The molecule has 4 rings (SSSR count). The van der Waals surface area contributed by atoms with Crippen molar-refractivity contribution in [1.29, 1.82) is 0 Å². The van der Waals surface area contributed by atoms with Crippen LogP contribution in [-0.2, 0) is 0 Å². The second-order valence-electron chi connectivity index (χ2n) is 5.00. The monoisotopic (exact) mass is 324 g/mol. The number of hydrogen-bond donors (Lipinski definition) is 2. The van der Waals surface area contributed by atoms with E-state index in [4.69, 9.17) is 5.21 Å². The van der Waals surface area contributed by atoms with Gasteiger partial charge in [-0.15, -0.1) is 16.4 Å². The van der Waals surface area contributed by atoms with E-state index in [9.17, 15) is 5.21 Å². The van der Waals surface area contributed by atoms with Crippen LogP contribution in [0.3, 0.4) is 0 Å². The lowest BCUT2D eigenvalue weighted by molar-refractivity contribution is -0.991. The molecule has 6 nitrogen and oxygen atoms in total. The minimum atomic E-state index is -0.931. The average Bonchev–Trinajstić information content (AvgIpc) is 3.16. The van der Waals surface area contributed by atoms with Crippen molar-refractivity contribution < 1.29 is 10.4 Å². The van der Waals surface area contributed by atoms with Gasteiger partial charge in [0.05, 0.1) is 5.69 Å². The van der Waals surface area contributed by atoms with E-state index >= 15 is 0 Å². The van der Waals surface area contributed by atoms with E-state index in [1.165, 1.54) is 11.3 Å². The van der Waals surface area contributed by atoms with E-state index in [0.717, 1.165) is 21.8 Å². The van der Waals surface area contributed by atoms with Crippen molar-refractivity contribution >= 4 is 22.0 Å². The Labute approximate surface area is 135 Å². The Morgan fingerprint density at radius 3 is 2.43 bits per heavy atom. The Morgan fingerprint density at radius 2 is 1.74 bits per heavy atom. The van der Waals surface area contributed by atoms with Crippen LogP contribution in [0.5, 0.6) is 0 Å². The summed E-state index contributed by atoms with van der Waals surface area (Å²) in [7, 11) is 0. The number of fused-ring (bicyclic) bond motifs is 1. The lowest BCUT2D eigenvalue weighted by Crippen LogP contribution is -2.99. The molecule has 2 aromatic carbocycles. The highest BCUT2D eigenvalue weighted by atomic mass is 32.1. The molecule has 1 unspecified atom stereocenters. The SMILES string of the molecule is [O-][NH+](O)c1ccc(-c2csc3nc(-c4ccccc4)nn23)cc1. The minimum Gasteiger partial charge on any atom is -0.595 e. The Kier molecular flexibility index (Phi) is 3.40. The molecular formula is C16H12N4O2S. The van der Waals surface area contributed by atoms with Crippen molar-refractivity contribution in [3.8, 4) is 22.6 Å². The van der Waals surface area contributed by atoms with E-state index in [0.29, 0.717) is 5.82 Å². The standard InChI is InChI=1S/C16H12N4O2S/c21-20(22)13-8-6-11(7-9-13)14-10-23-16-17-15(18-19(14)16)12-4-2-1-3-5-12/h1-10,20-21H. The van der Waals surface area contributed by atoms with E-state index < -0.39 is 5.23 Å². The summed E-state index contributed by atoms with van der Waals surface area (Å²) in [5.41, 5.74) is 3.04. The van der Waals surface area contributed by atoms with Gasteiger partial charge in [0, 0.05) is 28.6 Å². The normalized spacial score (nSPS) is 12.6. The van der Waals surface area contributed by atoms with Gasteiger partial charge >= 0.3 is 0 Å². The molecule has 114 valence electrons. The predicted molar refractivity (Wildman–Crippen MR) is 87.5 cm³/mol. The lowest BCUT2D eigenvalue weighted by atomic mass is 10.1. The largest absolute Gasteiger partial charge is 0.595 e. The van der Waals surface area contributed by atoms with Gasteiger partial charge < -0.3 is 5.21 Å². The maximum absolute atomic E-state index is 10.9. The van der Waals surface area contributed by atoms with Crippen LogP contribution in [-0.4, -0.2) is 19.8 Å². The average molecular weight is 324 g/mol. The summed E-state index contributed by atoms with van der Waals surface area (Å²) < 4.78 is 1.79. The smallest absolute Gasteiger partial charge is 0.213 e. The van der Waals surface area contributed by atoms with E-state index in [1.807, 2.05) is 35.7 Å². The van der Waals surface area contributed by atoms with Crippen LogP contribution in [0.15, 0.2) is 60.0 Å². The molecule has 0 aliphatic heterocycles.